The van der Waals surface area contributed by atoms with E-state index in [1.165, 1.54) is 83.5 Å². The lowest BCUT2D eigenvalue weighted by atomic mass is 10.0. The zero-order chi connectivity index (χ0) is 12.3. The van der Waals surface area contributed by atoms with Crippen LogP contribution in [0.1, 0.15) is 83.5 Å². The quantitative estimate of drug-likeness (QED) is 0.457. The molecule has 102 valence electrons. The van der Waals surface area contributed by atoms with Gasteiger partial charge in [0.2, 0.25) is 0 Å². The lowest BCUT2D eigenvalue weighted by molar-refractivity contribution is 0.550. The zero-order valence-electron chi connectivity index (χ0n) is 11.1. The van der Waals surface area contributed by atoms with E-state index >= 15 is 0 Å². The average molecular weight is 279 g/mol. The molecule has 0 aromatic rings. The number of alkyl halides is 2. The molecule has 0 spiro atoms. The summed E-state index contributed by atoms with van der Waals surface area (Å²) >= 11 is 12.6. The largest absolute Gasteiger partial charge is 0.123 e. The maximum Gasteiger partial charge on any atom is 0.0336 e. The third kappa shape index (κ3) is 9.19. The van der Waals surface area contributed by atoms with Crippen LogP contribution < -0.4 is 0 Å². The topological polar surface area (TPSA) is 0 Å². The molecule has 0 saturated heterocycles. The van der Waals surface area contributed by atoms with Crippen molar-refractivity contribution < 1.29 is 0 Å². The van der Waals surface area contributed by atoms with Crippen molar-refractivity contribution in [3.8, 4) is 0 Å². The van der Waals surface area contributed by atoms with Crippen LogP contribution in [0.15, 0.2) is 0 Å². The molecule has 2 heteroatoms. The average Bonchev–Trinajstić information content (AvgIpc) is 2.32. The van der Waals surface area contributed by atoms with Gasteiger partial charge in [0.15, 0.2) is 0 Å². The van der Waals surface area contributed by atoms with Crippen molar-refractivity contribution in [3.63, 3.8) is 0 Å². The molecule has 0 amide bonds. The molecule has 0 aromatic carbocycles. The summed E-state index contributed by atoms with van der Waals surface area (Å²) in [5, 5.41) is 0.822. The van der Waals surface area contributed by atoms with E-state index in [1.54, 1.807) is 0 Å². The summed E-state index contributed by atoms with van der Waals surface area (Å²) < 4.78 is 0. The fourth-order valence-electron chi connectivity index (χ4n) is 2.64. The Morgan fingerprint density at radius 2 is 0.647 bits per heavy atom. The van der Waals surface area contributed by atoms with E-state index in [1.807, 2.05) is 0 Å². The summed E-state index contributed by atoms with van der Waals surface area (Å²) in [7, 11) is 0. The normalized spacial score (nSPS) is 31.4. The zero-order valence-corrected chi connectivity index (χ0v) is 12.6. The number of halogens is 2. The first kappa shape index (κ1) is 15.6. The standard InChI is InChI=1S/C15H28Cl2/c16-14-10-6-4-2-1-3-5-7-11-15(17)13-9-8-12-14/h14-15H,1-13H2. The van der Waals surface area contributed by atoms with Crippen LogP contribution in [-0.4, -0.2) is 10.8 Å². The van der Waals surface area contributed by atoms with Crippen molar-refractivity contribution in [2.45, 2.75) is 94.2 Å². The van der Waals surface area contributed by atoms with Crippen LogP contribution in [-0.2, 0) is 0 Å². The minimum atomic E-state index is 0.411. The van der Waals surface area contributed by atoms with Gasteiger partial charge in [-0.2, -0.15) is 0 Å². The molecule has 0 bridgehead atoms. The Hall–Kier alpha value is 0.580. The van der Waals surface area contributed by atoms with E-state index in [0.29, 0.717) is 10.8 Å². The minimum absolute atomic E-state index is 0.411. The molecule has 0 aliphatic heterocycles. The first-order valence-electron chi connectivity index (χ1n) is 7.57. The van der Waals surface area contributed by atoms with Gasteiger partial charge in [-0.05, 0) is 25.7 Å². The number of hydrogen-bond donors (Lipinski definition) is 0. The van der Waals surface area contributed by atoms with E-state index < -0.39 is 0 Å². The molecule has 2 unspecified atom stereocenters. The van der Waals surface area contributed by atoms with Crippen LogP contribution in [0.5, 0.6) is 0 Å². The molecule has 0 aromatic heterocycles. The van der Waals surface area contributed by atoms with E-state index in [-0.39, 0.29) is 0 Å². The summed E-state index contributed by atoms with van der Waals surface area (Å²) in [6, 6.07) is 0. The van der Waals surface area contributed by atoms with E-state index in [2.05, 4.69) is 0 Å². The van der Waals surface area contributed by atoms with Crippen molar-refractivity contribution in [2.24, 2.45) is 0 Å². The third-order valence-electron chi connectivity index (χ3n) is 3.82. The van der Waals surface area contributed by atoms with Gasteiger partial charge in [-0.15, -0.1) is 23.2 Å². The van der Waals surface area contributed by atoms with E-state index in [9.17, 15) is 0 Å². The predicted octanol–water partition coefficient (Wildman–Crippen LogP) is 6.29. The highest BCUT2D eigenvalue weighted by molar-refractivity contribution is 6.20. The smallest absolute Gasteiger partial charge is 0.0336 e. The summed E-state index contributed by atoms with van der Waals surface area (Å²) in [5.74, 6) is 0. The highest BCUT2D eigenvalue weighted by Crippen LogP contribution is 2.21. The Morgan fingerprint density at radius 3 is 1.00 bits per heavy atom. The van der Waals surface area contributed by atoms with Crippen LogP contribution in [0.25, 0.3) is 0 Å². The molecule has 1 aliphatic carbocycles. The van der Waals surface area contributed by atoms with Gasteiger partial charge in [-0.3, -0.25) is 0 Å². The Labute approximate surface area is 117 Å². The lowest BCUT2D eigenvalue weighted by Crippen LogP contribution is -2.01. The summed E-state index contributed by atoms with van der Waals surface area (Å²) in [6.07, 6.45) is 16.9. The summed E-state index contributed by atoms with van der Waals surface area (Å²) in [6.45, 7) is 0. The maximum atomic E-state index is 6.32. The van der Waals surface area contributed by atoms with Gasteiger partial charge >= 0.3 is 0 Å². The first-order valence-corrected chi connectivity index (χ1v) is 8.44. The Bertz CT molecular complexity index is 152. The second-order valence-electron chi connectivity index (χ2n) is 5.53. The molecule has 1 saturated carbocycles. The van der Waals surface area contributed by atoms with Crippen molar-refractivity contribution in [2.75, 3.05) is 0 Å². The van der Waals surface area contributed by atoms with Gasteiger partial charge in [0, 0.05) is 10.8 Å². The van der Waals surface area contributed by atoms with Crippen molar-refractivity contribution in [3.05, 3.63) is 0 Å². The fraction of sp³-hybridized carbons (Fsp3) is 1.00. The highest BCUT2D eigenvalue weighted by Gasteiger charge is 2.08. The summed E-state index contributed by atoms with van der Waals surface area (Å²) in [5.41, 5.74) is 0. The predicted molar refractivity (Wildman–Crippen MR) is 79.3 cm³/mol. The number of rotatable bonds is 0. The second-order valence-corrected chi connectivity index (χ2v) is 6.77. The highest BCUT2D eigenvalue weighted by atomic mass is 35.5. The van der Waals surface area contributed by atoms with Gasteiger partial charge in [0.05, 0.1) is 0 Å². The Kier molecular flexibility index (Phi) is 9.66. The number of hydrogen-bond acceptors (Lipinski definition) is 0. The van der Waals surface area contributed by atoms with Gasteiger partial charge in [-0.1, -0.05) is 57.8 Å². The molecular weight excluding hydrogens is 251 g/mol. The summed E-state index contributed by atoms with van der Waals surface area (Å²) in [4.78, 5) is 0. The third-order valence-corrected chi connectivity index (χ3v) is 4.69. The molecule has 0 nitrogen and oxygen atoms in total. The van der Waals surface area contributed by atoms with Crippen LogP contribution in [0.2, 0.25) is 0 Å². The van der Waals surface area contributed by atoms with Crippen LogP contribution >= 0.6 is 23.2 Å². The van der Waals surface area contributed by atoms with E-state index in [0.717, 1.165) is 0 Å². The van der Waals surface area contributed by atoms with Crippen LogP contribution in [0.3, 0.4) is 0 Å². The van der Waals surface area contributed by atoms with Gasteiger partial charge in [0.1, 0.15) is 0 Å². The molecule has 1 aliphatic rings. The minimum Gasteiger partial charge on any atom is -0.123 e. The van der Waals surface area contributed by atoms with Gasteiger partial charge in [-0.25, -0.2) is 0 Å². The molecule has 0 heterocycles. The van der Waals surface area contributed by atoms with Crippen molar-refractivity contribution >= 4 is 23.2 Å². The monoisotopic (exact) mass is 278 g/mol. The maximum absolute atomic E-state index is 6.32. The van der Waals surface area contributed by atoms with Gasteiger partial charge in [0.25, 0.3) is 0 Å². The van der Waals surface area contributed by atoms with Crippen molar-refractivity contribution in [1.29, 1.82) is 0 Å². The molecule has 1 fully saturated rings. The SMILES string of the molecule is ClC1CCCCCCCCCC(Cl)CCCC1. The van der Waals surface area contributed by atoms with Crippen LogP contribution in [0.4, 0.5) is 0 Å². The van der Waals surface area contributed by atoms with Crippen molar-refractivity contribution in [1.82, 2.24) is 0 Å². The molecular formula is C15H28Cl2. The molecule has 2 atom stereocenters. The fourth-order valence-corrected chi connectivity index (χ4v) is 3.25. The van der Waals surface area contributed by atoms with E-state index in [4.69, 9.17) is 23.2 Å². The molecule has 0 radical (unpaired) electrons. The lowest BCUT2D eigenvalue weighted by Gasteiger charge is -2.10. The molecule has 1 rings (SSSR count). The molecule has 17 heavy (non-hydrogen) atoms. The first-order chi connectivity index (χ1) is 8.29. The van der Waals surface area contributed by atoms with Crippen LogP contribution in [0, 0.1) is 0 Å². The molecule has 0 N–H and O–H groups in total. The second kappa shape index (κ2) is 10.5. The van der Waals surface area contributed by atoms with Gasteiger partial charge < -0.3 is 0 Å². The Morgan fingerprint density at radius 1 is 0.412 bits per heavy atom. The Balaban J connectivity index is 2.19.